The summed E-state index contributed by atoms with van der Waals surface area (Å²) >= 11 is 3.65. The first-order valence-corrected chi connectivity index (χ1v) is 7.94. The van der Waals surface area contributed by atoms with Gasteiger partial charge in [-0.05, 0) is 54.9 Å². The van der Waals surface area contributed by atoms with Gasteiger partial charge in [0.1, 0.15) is 0 Å². The number of nitrogens with zero attached hydrogens (tertiary/aromatic N) is 3. The second-order valence-electron chi connectivity index (χ2n) is 5.03. The van der Waals surface area contributed by atoms with Gasteiger partial charge in [-0.15, -0.1) is 0 Å². The first-order valence-electron chi connectivity index (χ1n) is 7.15. The third kappa shape index (κ3) is 2.99. The summed E-state index contributed by atoms with van der Waals surface area (Å²) in [6.07, 6.45) is 5.46. The molecule has 1 N–H and O–H groups in total. The number of hydrogen-bond acceptors (Lipinski definition) is 2. The fraction of sp³-hybridized carbons (Fsp3) is 0.533. The van der Waals surface area contributed by atoms with E-state index in [1.54, 1.807) is 0 Å². The highest BCUT2D eigenvalue weighted by atomic mass is 79.9. The lowest BCUT2D eigenvalue weighted by molar-refractivity contribution is 0.572. The summed E-state index contributed by atoms with van der Waals surface area (Å²) in [6.45, 7) is 8.09. The van der Waals surface area contributed by atoms with E-state index >= 15 is 0 Å². The molecule has 110 valence electrons. The van der Waals surface area contributed by atoms with Crippen LogP contribution in [0.4, 0.5) is 0 Å². The molecule has 1 atom stereocenters. The van der Waals surface area contributed by atoms with E-state index in [1.807, 2.05) is 14.0 Å². The molecule has 5 heteroatoms. The van der Waals surface area contributed by atoms with Crippen LogP contribution in [0.1, 0.15) is 43.3 Å². The van der Waals surface area contributed by atoms with E-state index in [0.717, 1.165) is 29.7 Å². The molecule has 0 bridgehead atoms. The molecule has 0 aromatic carbocycles. The summed E-state index contributed by atoms with van der Waals surface area (Å²) in [5.41, 5.74) is 3.62. The van der Waals surface area contributed by atoms with E-state index in [0.29, 0.717) is 6.04 Å². The molecule has 2 rings (SSSR count). The Bertz CT molecular complexity index is 566. The first kappa shape index (κ1) is 15.3. The van der Waals surface area contributed by atoms with Crippen molar-refractivity contribution < 1.29 is 0 Å². The molecular formula is C15H23BrN4. The van der Waals surface area contributed by atoms with Crippen LogP contribution in [0.3, 0.4) is 0 Å². The Hall–Kier alpha value is -1.07. The molecular weight excluding hydrogens is 316 g/mol. The Morgan fingerprint density at radius 1 is 1.40 bits per heavy atom. The second kappa shape index (κ2) is 6.59. The molecule has 0 fully saturated rings. The summed E-state index contributed by atoms with van der Waals surface area (Å²) < 4.78 is 5.41. The Kier molecular flexibility index (Phi) is 5.05. The SMILES string of the molecule is CCC(NC)c1ccn(Cc2c(Br)c(C)nn2CC)c1. The van der Waals surface area contributed by atoms with Crippen molar-refractivity contribution in [1.82, 2.24) is 19.7 Å². The highest BCUT2D eigenvalue weighted by Crippen LogP contribution is 2.23. The molecule has 2 aromatic rings. The normalized spacial score (nSPS) is 12.8. The molecule has 0 spiro atoms. The van der Waals surface area contributed by atoms with Crippen molar-refractivity contribution in [3.8, 4) is 0 Å². The molecule has 0 amide bonds. The number of rotatable bonds is 6. The van der Waals surface area contributed by atoms with Crippen molar-refractivity contribution in [3.63, 3.8) is 0 Å². The van der Waals surface area contributed by atoms with Gasteiger partial charge >= 0.3 is 0 Å². The van der Waals surface area contributed by atoms with Crippen LogP contribution in [0.15, 0.2) is 22.9 Å². The molecule has 0 radical (unpaired) electrons. The van der Waals surface area contributed by atoms with Crippen molar-refractivity contribution in [2.45, 2.75) is 46.3 Å². The molecule has 4 nitrogen and oxygen atoms in total. The molecule has 2 heterocycles. The van der Waals surface area contributed by atoms with E-state index in [4.69, 9.17) is 0 Å². The lowest BCUT2D eigenvalue weighted by atomic mass is 10.1. The topological polar surface area (TPSA) is 34.8 Å². The zero-order valence-corrected chi connectivity index (χ0v) is 14.2. The third-order valence-corrected chi connectivity index (χ3v) is 4.75. The fourth-order valence-electron chi connectivity index (χ4n) is 2.56. The Morgan fingerprint density at radius 3 is 2.75 bits per heavy atom. The van der Waals surface area contributed by atoms with E-state index in [2.05, 4.69) is 67.9 Å². The maximum absolute atomic E-state index is 4.54. The Morgan fingerprint density at radius 2 is 2.15 bits per heavy atom. The van der Waals surface area contributed by atoms with E-state index < -0.39 is 0 Å². The van der Waals surface area contributed by atoms with Crippen LogP contribution < -0.4 is 5.32 Å². The van der Waals surface area contributed by atoms with Gasteiger partial charge in [0.2, 0.25) is 0 Å². The number of hydrogen-bond donors (Lipinski definition) is 1. The average Bonchev–Trinajstić information content (AvgIpc) is 3.01. The van der Waals surface area contributed by atoms with Crippen LogP contribution in [-0.4, -0.2) is 21.4 Å². The minimum absolute atomic E-state index is 0.428. The monoisotopic (exact) mass is 338 g/mol. The number of aromatic nitrogens is 3. The van der Waals surface area contributed by atoms with Crippen LogP contribution in [0.5, 0.6) is 0 Å². The largest absolute Gasteiger partial charge is 0.348 e. The molecule has 0 aliphatic heterocycles. The molecule has 2 aromatic heterocycles. The third-order valence-electron chi connectivity index (χ3n) is 3.72. The minimum atomic E-state index is 0.428. The zero-order chi connectivity index (χ0) is 14.7. The van der Waals surface area contributed by atoms with E-state index in [-0.39, 0.29) is 0 Å². The minimum Gasteiger partial charge on any atom is -0.348 e. The van der Waals surface area contributed by atoms with Gasteiger partial charge < -0.3 is 9.88 Å². The van der Waals surface area contributed by atoms with Crippen molar-refractivity contribution in [2.24, 2.45) is 0 Å². The molecule has 0 saturated carbocycles. The van der Waals surface area contributed by atoms with Crippen molar-refractivity contribution in [3.05, 3.63) is 39.9 Å². The number of halogens is 1. The van der Waals surface area contributed by atoms with Crippen molar-refractivity contribution >= 4 is 15.9 Å². The fourth-order valence-corrected chi connectivity index (χ4v) is 2.97. The molecule has 20 heavy (non-hydrogen) atoms. The molecule has 0 aliphatic carbocycles. The maximum atomic E-state index is 4.54. The summed E-state index contributed by atoms with van der Waals surface area (Å²) in [6, 6.07) is 2.62. The predicted molar refractivity (Wildman–Crippen MR) is 86.0 cm³/mol. The van der Waals surface area contributed by atoms with Crippen LogP contribution >= 0.6 is 15.9 Å². The average molecular weight is 339 g/mol. The van der Waals surface area contributed by atoms with Crippen LogP contribution in [0, 0.1) is 6.92 Å². The Balaban J connectivity index is 2.23. The van der Waals surface area contributed by atoms with Gasteiger partial charge in [0.15, 0.2) is 0 Å². The molecule has 0 saturated heterocycles. The van der Waals surface area contributed by atoms with E-state index in [9.17, 15) is 0 Å². The summed E-state index contributed by atoms with van der Waals surface area (Å²) in [5.74, 6) is 0. The predicted octanol–water partition coefficient (Wildman–Crippen LogP) is 3.49. The van der Waals surface area contributed by atoms with Gasteiger partial charge in [-0.3, -0.25) is 4.68 Å². The summed E-state index contributed by atoms with van der Waals surface area (Å²) in [4.78, 5) is 0. The summed E-state index contributed by atoms with van der Waals surface area (Å²) in [5, 5.41) is 7.89. The van der Waals surface area contributed by atoms with Crippen molar-refractivity contribution in [2.75, 3.05) is 7.05 Å². The molecule has 1 unspecified atom stereocenters. The highest BCUT2D eigenvalue weighted by Gasteiger charge is 2.13. The first-order chi connectivity index (χ1) is 9.60. The standard InChI is InChI=1S/C15H23BrN4/c1-5-13(17-4)12-7-8-19(9-12)10-14-15(16)11(3)18-20(14)6-2/h7-9,13,17H,5-6,10H2,1-4H3. The van der Waals surface area contributed by atoms with E-state index in [1.165, 1.54) is 11.3 Å². The highest BCUT2D eigenvalue weighted by molar-refractivity contribution is 9.10. The van der Waals surface area contributed by atoms with Gasteiger partial charge in [-0.2, -0.15) is 5.10 Å². The van der Waals surface area contributed by atoms with Gasteiger partial charge in [0.05, 0.1) is 22.4 Å². The smallest absolute Gasteiger partial charge is 0.0739 e. The van der Waals surface area contributed by atoms with Gasteiger partial charge in [-0.25, -0.2) is 0 Å². The Labute approximate surface area is 129 Å². The molecule has 0 aliphatic rings. The lowest BCUT2D eigenvalue weighted by Crippen LogP contribution is -2.14. The van der Waals surface area contributed by atoms with Crippen molar-refractivity contribution in [1.29, 1.82) is 0 Å². The number of aryl methyl sites for hydroxylation is 2. The zero-order valence-electron chi connectivity index (χ0n) is 12.7. The van der Waals surface area contributed by atoms with Gasteiger partial charge in [-0.1, -0.05) is 6.92 Å². The van der Waals surface area contributed by atoms with Gasteiger partial charge in [0.25, 0.3) is 0 Å². The van der Waals surface area contributed by atoms with Gasteiger partial charge in [0, 0.05) is 25.0 Å². The van der Waals surface area contributed by atoms with Crippen LogP contribution in [-0.2, 0) is 13.1 Å². The van der Waals surface area contributed by atoms with Crippen LogP contribution in [0.2, 0.25) is 0 Å². The number of nitrogens with one attached hydrogen (secondary N) is 1. The maximum Gasteiger partial charge on any atom is 0.0739 e. The second-order valence-corrected chi connectivity index (χ2v) is 5.82. The lowest BCUT2D eigenvalue weighted by Gasteiger charge is -2.11. The van der Waals surface area contributed by atoms with Crippen LogP contribution in [0.25, 0.3) is 0 Å². The summed E-state index contributed by atoms with van der Waals surface area (Å²) in [7, 11) is 2.01. The quantitative estimate of drug-likeness (QED) is 0.874.